The third-order valence-corrected chi connectivity index (χ3v) is 6.37. The molecular weight excluding hydrogens is 477 g/mol. The molecule has 1 aromatic carbocycles. The minimum atomic E-state index is -4.77. The Bertz CT molecular complexity index is 1330. The molecule has 1 amide bonds. The molecule has 3 heterocycles. The number of carbonyl (C=O) groups excluding carboxylic acids is 1. The standard InChI is InChI=1S/C25H27F3N4O4/c1-14-29-21-19(22(33)30-14)11-16(20(31-21)25(26,27)28)13-36-18-8-6-15(7-9-18)23(34)32-10-4-5-17(12-32)24(2,3)35/h6-9,11,17,35H,4-5,10,12-13H2,1-3H3,(H,29,30,31,33). The number of alkyl halides is 3. The Labute approximate surface area is 205 Å². The minimum absolute atomic E-state index is 0.0254. The zero-order valence-electron chi connectivity index (χ0n) is 20.1. The number of aromatic amines is 1. The van der Waals surface area contributed by atoms with Crippen molar-refractivity contribution in [1.29, 1.82) is 0 Å². The van der Waals surface area contributed by atoms with Crippen molar-refractivity contribution in [3.63, 3.8) is 0 Å². The van der Waals surface area contributed by atoms with Gasteiger partial charge in [0.1, 0.15) is 18.2 Å². The van der Waals surface area contributed by atoms with Gasteiger partial charge in [0.25, 0.3) is 11.5 Å². The number of carbonyl (C=O) groups is 1. The van der Waals surface area contributed by atoms with Gasteiger partial charge in [0.2, 0.25) is 0 Å². The number of rotatable bonds is 5. The molecule has 1 fully saturated rings. The lowest BCUT2D eigenvalue weighted by molar-refractivity contribution is -0.142. The number of aryl methyl sites for hydroxylation is 1. The van der Waals surface area contributed by atoms with Crippen LogP contribution in [0.4, 0.5) is 13.2 Å². The normalized spacial score (nSPS) is 16.9. The molecule has 4 rings (SSSR count). The van der Waals surface area contributed by atoms with E-state index in [1.165, 1.54) is 19.1 Å². The summed E-state index contributed by atoms with van der Waals surface area (Å²) in [6.07, 6.45) is -3.14. The number of halogens is 3. The summed E-state index contributed by atoms with van der Waals surface area (Å²) >= 11 is 0. The number of nitrogens with zero attached hydrogens (tertiary/aromatic N) is 3. The zero-order chi connectivity index (χ0) is 26.3. The number of likely N-dealkylation sites (tertiary alicyclic amines) is 1. The monoisotopic (exact) mass is 504 g/mol. The molecule has 0 saturated carbocycles. The van der Waals surface area contributed by atoms with E-state index in [1.54, 1.807) is 30.9 Å². The van der Waals surface area contributed by atoms with E-state index >= 15 is 0 Å². The number of fused-ring (bicyclic) bond motifs is 1. The topological polar surface area (TPSA) is 108 Å². The zero-order valence-corrected chi connectivity index (χ0v) is 20.1. The maximum absolute atomic E-state index is 13.6. The molecule has 1 aliphatic heterocycles. The lowest BCUT2D eigenvalue weighted by Crippen LogP contribution is -2.46. The molecule has 11 heteroatoms. The number of piperidine rings is 1. The lowest BCUT2D eigenvalue weighted by atomic mass is 9.84. The van der Waals surface area contributed by atoms with E-state index in [-0.39, 0.29) is 40.0 Å². The van der Waals surface area contributed by atoms with Gasteiger partial charge in [-0.15, -0.1) is 0 Å². The Hall–Kier alpha value is -3.47. The number of hydrogen-bond donors (Lipinski definition) is 2. The van der Waals surface area contributed by atoms with Crippen LogP contribution >= 0.6 is 0 Å². The Balaban J connectivity index is 1.51. The second-order valence-corrected chi connectivity index (χ2v) is 9.57. The number of pyridine rings is 1. The fraction of sp³-hybridized carbons (Fsp3) is 0.440. The number of amides is 1. The minimum Gasteiger partial charge on any atom is -0.489 e. The maximum Gasteiger partial charge on any atom is 0.433 e. The van der Waals surface area contributed by atoms with Gasteiger partial charge in [-0.05, 0) is 63.9 Å². The molecule has 8 nitrogen and oxygen atoms in total. The second-order valence-electron chi connectivity index (χ2n) is 9.57. The van der Waals surface area contributed by atoms with Gasteiger partial charge in [0, 0.05) is 30.1 Å². The summed E-state index contributed by atoms with van der Waals surface area (Å²) in [5.41, 5.74) is -2.84. The summed E-state index contributed by atoms with van der Waals surface area (Å²) in [7, 11) is 0. The first-order valence-corrected chi connectivity index (χ1v) is 11.5. The molecule has 1 atom stereocenters. The van der Waals surface area contributed by atoms with Gasteiger partial charge in [-0.2, -0.15) is 13.2 Å². The van der Waals surface area contributed by atoms with Crippen LogP contribution in [0.1, 0.15) is 54.1 Å². The summed E-state index contributed by atoms with van der Waals surface area (Å²) in [6, 6.07) is 7.19. The molecule has 1 aliphatic rings. The number of benzene rings is 1. The van der Waals surface area contributed by atoms with Gasteiger partial charge in [-0.3, -0.25) is 9.59 Å². The number of H-pyrrole nitrogens is 1. The molecule has 0 bridgehead atoms. The average molecular weight is 505 g/mol. The van der Waals surface area contributed by atoms with E-state index in [0.717, 1.165) is 18.9 Å². The van der Waals surface area contributed by atoms with Gasteiger partial charge < -0.3 is 19.7 Å². The van der Waals surface area contributed by atoms with Crippen molar-refractivity contribution in [3.05, 3.63) is 63.3 Å². The first-order valence-electron chi connectivity index (χ1n) is 11.5. The third kappa shape index (κ3) is 5.51. The Morgan fingerprint density at radius 1 is 1.22 bits per heavy atom. The Kier molecular flexibility index (Phi) is 6.78. The van der Waals surface area contributed by atoms with Crippen LogP contribution < -0.4 is 10.3 Å². The van der Waals surface area contributed by atoms with E-state index in [4.69, 9.17) is 4.74 Å². The number of aromatic nitrogens is 3. The number of ether oxygens (including phenoxy) is 1. The first-order chi connectivity index (χ1) is 16.8. The van der Waals surface area contributed by atoms with Crippen LogP contribution in [0.15, 0.2) is 35.1 Å². The SMILES string of the molecule is Cc1nc2nc(C(F)(F)F)c(COc3ccc(C(=O)N4CCCC(C(C)(C)O)C4)cc3)cc2c(=O)[nH]1. The first kappa shape index (κ1) is 25.6. The summed E-state index contributed by atoms with van der Waals surface area (Å²) in [4.78, 5) is 36.7. The molecule has 2 aromatic heterocycles. The Morgan fingerprint density at radius 3 is 2.56 bits per heavy atom. The van der Waals surface area contributed by atoms with Gasteiger partial charge >= 0.3 is 6.18 Å². The molecule has 0 aliphatic carbocycles. The van der Waals surface area contributed by atoms with Gasteiger partial charge in [-0.1, -0.05) is 0 Å². The molecule has 1 saturated heterocycles. The lowest BCUT2D eigenvalue weighted by Gasteiger charge is -2.38. The largest absolute Gasteiger partial charge is 0.489 e. The fourth-order valence-corrected chi connectivity index (χ4v) is 4.35. The molecular formula is C25H27F3N4O4. The predicted molar refractivity (Wildman–Crippen MR) is 126 cm³/mol. The van der Waals surface area contributed by atoms with Crippen molar-refractivity contribution < 1.29 is 27.8 Å². The van der Waals surface area contributed by atoms with Crippen LogP contribution in [-0.4, -0.2) is 49.6 Å². The van der Waals surface area contributed by atoms with Crippen LogP contribution in [-0.2, 0) is 12.8 Å². The van der Waals surface area contributed by atoms with Crippen molar-refractivity contribution >= 4 is 16.9 Å². The van der Waals surface area contributed by atoms with Crippen LogP contribution in [0.25, 0.3) is 11.0 Å². The van der Waals surface area contributed by atoms with E-state index in [2.05, 4.69) is 15.0 Å². The van der Waals surface area contributed by atoms with E-state index < -0.39 is 29.6 Å². The molecule has 1 unspecified atom stereocenters. The molecule has 0 radical (unpaired) electrons. The molecule has 2 N–H and O–H groups in total. The summed E-state index contributed by atoms with van der Waals surface area (Å²) < 4.78 is 46.5. The maximum atomic E-state index is 13.6. The van der Waals surface area contributed by atoms with Crippen molar-refractivity contribution in [3.8, 4) is 5.75 Å². The van der Waals surface area contributed by atoms with E-state index in [0.29, 0.717) is 18.7 Å². The molecule has 0 spiro atoms. The average Bonchev–Trinajstić information content (AvgIpc) is 2.81. The number of nitrogens with one attached hydrogen (secondary N) is 1. The van der Waals surface area contributed by atoms with E-state index in [1.807, 2.05) is 0 Å². The molecule has 36 heavy (non-hydrogen) atoms. The smallest absolute Gasteiger partial charge is 0.433 e. The predicted octanol–water partition coefficient (Wildman–Crippen LogP) is 3.85. The van der Waals surface area contributed by atoms with Gasteiger partial charge in [-0.25, -0.2) is 9.97 Å². The number of hydrogen-bond acceptors (Lipinski definition) is 6. The van der Waals surface area contributed by atoms with Crippen LogP contribution in [0, 0.1) is 12.8 Å². The second kappa shape index (κ2) is 9.53. The molecule has 192 valence electrons. The van der Waals surface area contributed by atoms with Crippen molar-refractivity contribution in [1.82, 2.24) is 19.9 Å². The summed E-state index contributed by atoms with van der Waals surface area (Å²) in [6.45, 7) is 5.48. The van der Waals surface area contributed by atoms with Crippen molar-refractivity contribution in [2.24, 2.45) is 5.92 Å². The summed E-state index contributed by atoms with van der Waals surface area (Å²) in [5.74, 6) is 0.203. The van der Waals surface area contributed by atoms with Crippen molar-refractivity contribution in [2.75, 3.05) is 13.1 Å². The van der Waals surface area contributed by atoms with Crippen LogP contribution in [0.3, 0.4) is 0 Å². The Morgan fingerprint density at radius 2 is 1.92 bits per heavy atom. The fourth-order valence-electron chi connectivity index (χ4n) is 4.35. The van der Waals surface area contributed by atoms with Gasteiger partial charge in [0.15, 0.2) is 11.3 Å². The third-order valence-electron chi connectivity index (χ3n) is 6.37. The van der Waals surface area contributed by atoms with Crippen LogP contribution in [0.2, 0.25) is 0 Å². The van der Waals surface area contributed by atoms with Crippen LogP contribution in [0.5, 0.6) is 5.75 Å². The number of aliphatic hydroxyl groups is 1. The highest BCUT2D eigenvalue weighted by Gasteiger charge is 2.36. The van der Waals surface area contributed by atoms with Gasteiger partial charge in [0.05, 0.1) is 11.0 Å². The van der Waals surface area contributed by atoms with E-state index in [9.17, 15) is 27.9 Å². The quantitative estimate of drug-likeness (QED) is 0.547. The molecule has 3 aromatic rings. The highest BCUT2D eigenvalue weighted by molar-refractivity contribution is 5.94. The highest BCUT2D eigenvalue weighted by Crippen LogP contribution is 2.32. The van der Waals surface area contributed by atoms with Crippen molar-refractivity contribution in [2.45, 2.75) is 52.0 Å². The summed E-state index contributed by atoms with van der Waals surface area (Å²) in [5, 5.41) is 10.2. The highest BCUT2D eigenvalue weighted by atomic mass is 19.4.